The zero-order chi connectivity index (χ0) is 29.4. The number of aromatic nitrogens is 3. The normalized spacial score (nSPS) is 23.2. The van der Waals surface area contributed by atoms with E-state index in [9.17, 15) is 10.2 Å². The number of hydrogen-bond donors (Lipinski definition) is 3. The highest BCUT2D eigenvalue weighted by Gasteiger charge is 2.54. The van der Waals surface area contributed by atoms with Crippen molar-refractivity contribution in [2.75, 3.05) is 7.11 Å². The predicted octanol–water partition coefficient (Wildman–Crippen LogP) is 7.10. The van der Waals surface area contributed by atoms with Crippen molar-refractivity contribution in [1.29, 1.82) is 0 Å². The molecule has 0 radical (unpaired) electrons. The lowest BCUT2D eigenvalue weighted by Crippen LogP contribution is -2.58. The van der Waals surface area contributed by atoms with Crippen LogP contribution in [-0.2, 0) is 13.5 Å². The minimum absolute atomic E-state index is 0.144. The van der Waals surface area contributed by atoms with Gasteiger partial charge in [-0.3, -0.25) is 5.10 Å². The summed E-state index contributed by atoms with van der Waals surface area (Å²) < 4.78 is 14.5. The molecule has 7 rings (SSSR count). The van der Waals surface area contributed by atoms with Gasteiger partial charge in [0.15, 0.2) is 11.5 Å². The molecule has 2 aromatic heterocycles. The molecule has 1 fully saturated rings. The van der Waals surface area contributed by atoms with Gasteiger partial charge in [0, 0.05) is 41.7 Å². The van der Waals surface area contributed by atoms with Crippen LogP contribution >= 0.6 is 0 Å². The lowest BCUT2D eigenvalue weighted by molar-refractivity contribution is -0.138. The Morgan fingerprint density at radius 2 is 1.88 bits per heavy atom. The number of nitrogens with zero attached hydrogens (tertiary/aromatic N) is 2. The third-order valence-corrected chi connectivity index (χ3v) is 9.87. The Hall–Kier alpha value is -4.23. The van der Waals surface area contributed by atoms with E-state index in [-0.39, 0.29) is 23.2 Å². The Labute approximate surface area is 245 Å². The van der Waals surface area contributed by atoms with Crippen molar-refractivity contribution in [2.45, 2.75) is 51.7 Å². The van der Waals surface area contributed by atoms with Crippen LogP contribution < -0.4 is 9.47 Å². The van der Waals surface area contributed by atoms with Crippen molar-refractivity contribution in [3.63, 3.8) is 0 Å². The van der Waals surface area contributed by atoms with E-state index in [1.54, 1.807) is 13.2 Å². The van der Waals surface area contributed by atoms with Gasteiger partial charge in [0.1, 0.15) is 11.4 Å². The van der Waals surface area contributed by atoms with Crippen LogP contribution in [0, 0.1) is 11.3 Å². The molecule has 1 aliphatic carbocycles. The first-order chi connectivity index (χ1) is 20.1. The Balaban J connectivity index is 1.25. The van der Waals surface area contributed by atoms with Crippen molar-refractivity contribution >= 4 is 34.0 Å². The fourth-order valence-corrected chi connectivity index (χ4v) is 7.46. The average molecular weight is 564 g/mol. The predicted molar refractivity (Wildman–Crippen MR) is 167 cm³/mol. The molecule has 42 heavy (non-hydrogen) atoms. The summed E-state index contributed by atoms with van der Waals surface area (Å²) in [5, 5.41) is 31.2. The third-order valence-electron chi connectivity index (χ3n) is 9.87. The van der Waals surface area contributed by atoms with Crippen LogP contribution in [0.4, 0.5) is 0 Å². The monoisotopic (exact) mass is 563 g/mol. The highest BCUT2D eigenvalue weighted by Crippen LogP contribution is 2.54. The molecule has 0 spiro atoms. The number of phenols is 1. The van der Waals surface area contributed by atoms with E-state index < -0.39 is 5.60 Å². The third kappa shape index (κ3) is 4.02. The summed E-state index contributed by atoms with van der Waals surface area (Å²) >= 11 is 0. The summed E-state index contributed by atoms with van der Waals surface area (Å²) in [6.07, 6.45) is 10.00. The summed E-state index contributed by atoms with van der Waals surface area (Å²) in [6.45, 7) is 6.38. The van der Waals surface area contributed by atoms with Crippen molar-refractivity contribution in [3.8, 4) is 28.4 Å². The first kappa shape index (κ1) is 26.7. The van der Waals surface area contributed by atoms with E-state index in [0.717, 1.165) is 68.2 Å². The van der Waals surface area contributed by atoms with Gasteiger partial charge in [-0.05, 0) is 84.2 Å². The zero-order valence-electron chi connectivity index (χ0n) is 24.7. The lowest BCUT2D eigenvalue weighted by atomic mass is 9.57. The number of fused-ring (bicyclic) bond motifs is 4. The number of phenolic OH excluding ortho intramolecular Hbond substituents is 1. The molecule has 3 atom stereocenters. The number of hydrogen-bond acceptors (Lipinski definition) is 5. The van der Waals surface area contributed by atoms with Crippen LogP contribution in [0.1, 0.15) is 50.3 Å². The molecule has 1 aliphatic heterocycles. The Bertz CT molecular complexity index is 1880. The van der Waals surface area contributed by atoms with Gasteiger partial charge in [-0.2, -0.15) is 5.10 Å². The fraction of sp³-hybridized carbons (Fsp3) is 0.343. The molecule has 7 nitrogen and oxygen atoms in total. The molecule has 3 aromatic carbocycles. The summed E-state index contributed by atoms with van der Waals surface area (Å²) in [7, 11) is 3.75. The molecule has 0 amide bonds. The van der Waals surface area contributed by atoms with Gasteiger partial charge in [0.05, 0.1) is 24.2 Å². The van der Waals surface area contributed by atoms with Gasteiger partial charge in [-0.1, -0.05) is 38.1 Å². The van der Waals surface area contributed by atoms with Crippen molar-refractivity contribution < 1.29 is 19.7 Å². The van der Waals surface area contributed by atoms with E-state index >= 15 is 0 Å². The molecule has 3 N–H and O–H groups in total. The molecular formula is C35H37N3O4. The topological polar surface area (TPSA) is 92.5 Å². The molecule has 3 heterocycles. The van der Waals surface area contributed by atoms with E-state index in [2.05, 4.69) is 72.1 Å². The maximum atomic E-state index is 11.0. The zero-order valence-corrected chi connectivity index (χ0v) is 24.7. The van der Waals surface area contributed by atoms with Crippen LogP contribution in [0.15, 0.2) is 54.9 Å². The number of nitrogens with one attached hydrogen (secondary N) is 1. The van der Waals surface area contributed by atoms with Crippen molar-refractivity contribution in [1.82, 2.24) is 14.8 Å². The van der Waals surface area contributed by atoms with Crippen LogP contribution in [0.3, 0.4) is 0 Å². The number of aromatic hydroxyl groups is 1. The summed E-state index contributed by atoms with van der Waals surface area (Å²) in [5.41, 5.74) is 6.35. The van der Waals surface area contributed by atoms with E-state index in [4.69, 9.17) is 9.47 Å². The van der Waals surface area contributed by atoms with E-state index in [1.807, 2.05) is 31.5 Å². The second-order valence-electron chi connectivity index (χ2n) is 12.8. The molecule has 2 aliphatic rings. The van der Waals surface area contributed by atoms with Gasteiger partial charge in [-0.15, -0.1) is 0 Å². The van der Waals surface area contributed by atoms with Crippen molar-refractivity contribution in [3.05, 3.63) is 71.5 Å². The summed E-state index contributed by atoms with van der Waals surface area (Å²) in [4.78, 5) is 0. The Morgan fingerprint density at radius 3 is 2.67 bits per heavy atom. The quantitative estimate of drug-likeness (QED) is 0.203. The van der Waals surface area contributed by atoms with E-state index in [0.29, 0.717) is 12.2 Å². The second kappa shape index (κ2) is 9.39. The number of benzene rings is 3. The molecule has 5 aromatic rings. The molecule has 0 bridgehead atoms. The molecule has 7 heteroatoms. The van der Waals surface area contributed by atoms with Gasteiger partial charge in [-0.25, -0.2) is 0 Å². The fourth-order valence-electron chi connectivity index (χ4n) is 7.46. The first-order valence-corrected chi connectivity index (χ1v) is 14.6. The molecule has 1 saturated carbocycles. The average Bonchev–Trinajstić information content (AvgIpc) is 3.58. The number of methoxy groups -OCH3 is 1. The SMILES string of the molecule is COc1cc(/C=C/c2cc(O)c3c(c2)C[C@@H]2C(C)(C)[C@H](O)CC[C@@]2(C)O3)cc2c1c(-c1cccc3n[nH]cc13)cn2C. The number of aromatic amines is 1. The molecule has 0 saturated heterocycles. The minimum Gasteiger partial charge on any atom is -0.504 e. The highest BCUT2D eigenvalue weighted by molar-refractivity contribution is 6.07. The maximum absolute atomic E-state index is 11.0. The minimum atomic E-state index is -0.409. The first-order valence-electron chi connectivity index (χ1n) is 14.6. The van der Waals surface area contributed by atoms with Crippen LogP contribution in [-0.4, -0.2) is 43.8 Å². The molecular weight excluding hydrogens is 526 g/mol. The number of aliphatic hydroxyl groups excluding tert-OH is 1. The molecule has 216 valence electrons. The number of H-pyrrole nitrogens is 1. The van der Waals surface area contributed by atoms with Gasteiger partial charge in [0.25, 0.3) is 0 Å². The standard InChI is InChI=1S/C35H37N3O4/c1-34(2)30-17-22-13-20(15-28(39)33(22)42-35(30,3)12-11-31(34)40)9-10-21-14-27-32(29(16-21)41-5)25(19-38(27)4)23-7-6-8-26-24(23)18-36-37-26/h6-10,13-16,18-19,30-31,39-40H,11-12,17H2,1-5H3,(H,36,37)/b10-9+/t30-,31-,35-/m1/s1. The summed E-state index contributed by atoms with van der Waals surface area (Å²) in [5.74, 6) is 1.67. The smallest absolute Gasteiger partial charge is 0.164 e. The second-order valence-corrected chi connectivity index (χ2v) is 12.8. The Kier molecular flexibility index (Phi) is 5.96. The highest BCUT2D eigenvalue weighted by atomic mass is 16.5. The molecule has 0 unspecified atom stereocenters. The summed E-state index contributed by atoms with van der Waals surface area (Å²) in [6, 6.07) is 14.2. The van der Waals surface area contributed by atoms with E-state index in [1.165, 1.54) is 0 Å². The van der Waals surface area contributed by atoms with Crippen molar-refractivity contribution in [2.24, 2.45) is 18.4 Å². The number of aryl methyl sites for hydroxylation is 1. The largest absolute Gasteiger partial charge is 0.504 e. The van der Waals surface area contributed by atoms with Gasteiger partial charge < -0.3 is 24.3 Å². The maximum Gasteiger partial charge on any atom is 0.164 e. The Morgan fingerprint density at radius 1 is 1.10 bits per heavy atom. The number of rotatable bonds is 4. The number of aliphatic hydroxyl groups is 1. The van der Waals surface area contributed by atoms with Gasteiger partial charge >= 0.3 is 0 Å². The van der Waals surface area contributed by atoms with Crippen LogP contribution in [0.25, 0.3) is 45.1 Å². The van der Waals surface area contributed by atoms with Crippen LogP contribution in [0.2, 0.25) is 0 Å². The van der Waals surface area contributed by atoms with Crippen LogP contribution in [0.5, 0.6) is 17.2 Å². The van der Waals surface area contributed by atoms with Gasteiger partial charge in [0.2, 0.25) is 0 Å². The number of ether oxygens (including phenoxy) is 2. The lowest BCUT2D eigenvalue weighted by Gasteiger charge is -2.55.